The SMILES string of the molecule is COc1ccccc1-n1c(SCC(=O)N2[C@H](C)CCC[C@@H]2C)nnc1-c1ccncc1. The van der Waals surface area contributed by atoms with Gasteiger partial charge in [0.15, 0.2) is 11.0 Å². The molecule has 1 aromatic carbocycles. The fourth-order valence-corrected chi connectivity index (χ4v) is 5.01. The van der Waals surface area contributed by atoms with Gasteiger partial charge in [-0.2, -0.15) is 0 Å². The average molecular weight is 438 g/mol. The molecule has 0 spiro atoms. The lowest BCUT2D eigenvalue weighted by molar-refractivity contribution is -0.134. The first-order valence-corrected chi connectivity index (χ1v) is 11.5. The van der Waals surface area contributed by atoms with E-state index in [1.807, 2.05) is 45.9 Å². The summed E-state index contributed by atoms with van der Waals surface area (Å²) in [5.74, 6) is 1.86. The molecule has 3 heterocycles. The summed E-state index contributed by atoms with van der Waals surface area (Å²) in [6.45, 7) is 4.27. The molecule has 31 heavy (non-hydrogen) atoms. The molecule has 1 aliphatic heterocycles. The zero-order valence-electron chi connectivity index (χ0n) is 18.1. The smallest absolute Gasteiger partial charge is 0.233 e. The number of ether oxygens (including phenoxy) is 1. The van der Waals surface area contributed by atoms with Gasteiger partial charge in [0.2, 0.25) is 5.91 Å². The second kappa shape index (κ2) is 9.51. The lowest BCUT2D eigenvalue weighted by Crippen LogP contribution is -2.48. The molecule has 1 saturated heterocycles. The predicted molar refractivity (Wildman–Crippen MR) is 121 cm³/mol. The van der Waals surface area contributed by atoms with Gasteiger partial charge in [0.05, 0.1) is 18.6 Å². The molecule has 1 fully saturated rings. The van der Waals surface area contributed by atoms with Crippen LogP contribution in [0.1, 0.15) is 33.1 Å². The number of nitrogens with zero attached hydrogens (tertiary/aromatic N) is 5. The lowest BCUT2D eigenvalue weighted by Gasteiger charge is -2.39. The minimum atomic E-state index is 0.143. The van der Waals surface area contributed by atoms with E-state index in [1.165, 1.54) is 18.2 Å². The van der Waals surface area contributed by atoms with Crippen LogP contribution in [-0.2, 0) is 4.79 Å². The van der Waals surface area contributed by atoms with Crippen molar-refractivity contribution in [2.75, 3.05) is 12.9 Å². The Kier molecular flexibility index (Phi) is 6.56. The number of piperidine rings is 1. The molecule has 162 valence electrons. The molecule has 7 nitrogen and oxygen atoms in total. The van der Waals surface area contributed by atoms with Crippen molar-refractivity contribution in [1.29, 1.82) is 0 Å². The third kappa shape index (κ3) is 4.44. The van der Waals surface area contributed by atoms with Crippen molar-refractivity contribution in [1.82, 2.24) is 24.6 Å². The standard InChI is InChI=1S/C23H27N5O2S/c1-16-7-6-8-17(2)27(16)21(29)15-31-23-26-25-22(18-11-13-24-14-12-18)28(23)19-9-4-5-10-20(19)30-3/h4-5,9-14,16-17H,6-8,15H2,1-3H3/t16-,17+. The van der Waals surface area contributed by atoms with Crippen molar-refractivity contribution >= 4 is 17.7 Å². The summed E-state index contributed by atoms with van der Waals surface area (Å²) in [6.07, 6.45) is 6.75. The molecular weight excluding hydrogens is 410 g/mol. The maximum absolute atomic E-state index is 13.1. The highest BCUT2D eigenvalue weighted by Gasteiger charge is 2.29. The van der Waals surface area contributed by atoms with E-state index in [1.54, 1.807) is 19.5 Å². The van der Waals surface area contributed by atoms with Crippen LogP contribution in [0, 0.1) is 0 Å². The third-order valence-corrected chi connectivity index (χ3v) is 6.62. The number of hydrogen-bond donors (Lipinski definition) is 0. The molecule has 1 aliphatic rings. The molecule has 0 bridgehead atoms. The Bertz CT molecular complexity index is 1030. The van der Waals surface area contributed by atoms with Gasteiger partial charge in [0.25, 0.3) is 0 Å². The van der Waals surface area contributed by atoms with Crippen molar-refractivity contribution in [2.45, 2.75) is 50.4 Å². The highest BCUT2D eigenvalue weighted by Crippen LogP contribution is 2.33. The molecule has 3 aromatic rings. The summed E-state index contributed by atoms with van der Waals surface area (Å²) in [5, 5.41) is 9.53. The minimum Gasteiger partial charge on any atom is -0.495 e. The molecule has 0 aliphatic carbocycles. The number of benzene rings is 1. The van der Waals surface area contributed by atoms with Crippen LogP contribution in [0.5, 0.6) is 5.75 Å². The average Bonchev–Trinajstić information content (AvgIpc) is 3.22. The molecule has 1 amide bonds. The van der Waals surface area contributed by atoms with Crippen molar-refractivity contribution in [3.8, 4) is 22.8 Å². The molecule has 8 heteroatoms. The van der Waals surface area contributed by atoms with Crippen molar-refractivity contribution in [3.05, 3.63) is 48.8 Å². The zero-order valence-corrected chi connectivity index (χ0v) is 18.9. The zero-order chi connectivity index (χ0) is 21.8. The number of rotatable bonds is 6. The van der Waals surface area contributed by atoms with Gasteiger partial charge < -0.3 is 9.64 Å². The number of hydrogen-bond acceptors (Lipinski definition) is 6. The fraction of sp³-hybridized carbons (Fsp3) is 0.391. The van der Waals surface area contributed by atoms with E-state index >= 15 is 0 Å². The maximum atomic E-state index is 13.1. The Morgan fingerprint density at radius 1 is 1.10 bits per heavy atom. The van der Waals surface area contributed by atoms with E-state index in [9.17, 15) is 4.79 Å². The molecule has 2 atom stereocenters. The van der Waals surface area contributed by atoms with Crippen LogP contribution in [0.2, 0.25) is 0 Å². The Morgan fingerprint density at radius 3 is 2.52 bits per heavy atom. The number of methoxy groups -OCH3 is 1. The Balaban J connectivity index is 1.67. The maximum Gasteiger partial charge on any atom is 0.233 e. The normalized spacial score (nSPS) is 18.7. The van der Waals surface area contributed by atoms with Crippen LogP contribution in [0.15, 0.2) is 53.9 Å². The summed E-state index contributed by atoms with van der Waals surface area (Å²) >= 11 is 1.41. The number of para-hydroxylation sites is 2. The Labute approximate surface area is 186 Å². The lowest BCUT2D eigenvalue weighted by atomic mass is 9.98. The summed E-state index contributed by atoms with van der Waals surface area (Å²) in [5.41, 5.74) is 1.72. The molecule has 2 aromatic heterocycles. The van der Waals surface area contributed by atoms with Gasteiger partial charge in [0.1, 0.15) is 5.75 Å². The Hall–Kier alpha value is -2.87. The van der Waals surface area contributed by atoms with Gasteiger partial charge >= 0.3 is 0 Å². The second-order valence-electron chi connectivity index (χ2n) is 7.77. The second-order valence-corrected chi connectivity index (χ2v) is 8.71. The van der Waals surface area contributed by atoms with Crippen molar-refractivity contribution < 1.29 is 9.53 Å². The van der Waals surface area contributed by atoms with Gasteiger partial charge in [-0.05, 0) is 57.4 Å². The number of carbonyl (C=O) groups is 1. The van der Waals surface area contributed by atoms with E-state index in [-0.39, 0.29) is 18.0 Å². The molecule has 0 radical (unpaired) electrons. The van der Waals surface area contributed by atoms with Crippen LogP contribution in [0.25, 0.3) is 17.1 Å². The van der Waals surface area contributed by atoms with Gasteiger partial charge in [-0.15, -0.1) is 10.2 Å². The molecular formula is C23H27N5O2S. The van der Waals surface area contributed by atoms with Gasteiger partial charge in [-0.1, -0.05) is 23.9 Å². The first-order valence-electron chi connectivity index (χ1n) is 10.5. The van der Waals surface area contributed by atoms with Gasteiger partial charge in [-0.3, -0.25) is 14.3 Å². The summed E-state index contributed by atoms with van der Waals surface area (Å²) in [4.78, 5) is 19.2. The number of thioether (sulfide) groups is 1. The first kappa shape index (κ1) is 21.4. The van der Waals surface area contributed by atoms with Crippen molar-refractivity contribution in [2.24, 2.45) is 0 Å². The van der Waals surface area contributed by atoms with Crippen LogP contribution in [0.3, 0.4) is 0 Å². The largest absolute Gasteiger partial charge is 0.495 e. The van der Waals surface area contributed by atoms with Crippen LogP contribution < -0.4 is 4.74 Å². The third-order valence-electron chi connectivity index (χ3n) is 5.70. The minimum absolute atomic E-state index is 0.143. The monoisotopic (exact) mass is 437 g/mol. The molecule has 0 saturated carbocycles. The number of likely N-dealkylation sites (tertiary alicyclic amines) is 1. The van der Waals surface area contributed by atoms with Crippen LogP contribution in [-0.4, -0.2) is 55.5 Å². The first-order chi connectivity index (χ1) is 15.1. The van der Waals surface area contributed by atoms with Crippen LogP contribution in [0.4, 0.5) is 0 Å². The summed E-state index contributed by atoms with van der Waals surface area (Å²) in [7, 11) is 1.64. The highest BCUT2D eigenvalue weighted by molar-refractivity contribution is 7.99. The van der Waals surface area contributed by atoms with Gasteiger partial charge in [0, 0.05) is 30.0 Å². The quantitative estimate of drug-likeness (QED) is 0.538. The number of carbonyl (C=O) groups excluding carboxylic acids is 1. The topological polar surface area (TPSA) is 73.1 Å². The number of pyridine rings is 1. The summed E-state index contributed by atoms with van der Waals surface area (Å²) in [6, 6.07) is 12.1. The van der Waals surface area contributed by atoms with Gasteiger partial charge in [-0.25, -0.2) is 0 Å². The van der Waals surface area contributed by atoms with E-state index in [2.05, 4.69) is 29.0 Å². The highest BCUT2D eigenvalue weighted by atomic mass is 32.2. The summed E-state index contributed by atoms with van der Waals surface area (Å²) < 4.78 is 7.54. The van der Waals surface area contributed by atoms with E-state index in [4.69, 9.17) is 4.74 Å². The van der Waals surface area contributed by atoms with E-state index in [0.29, 0.717) is 22.5 Å². The van der Waals surface area contributed by atoms with Crippen molar-refractivity contribution in [3.63, 3.8) is 0 Å². The predicted octanol–water partition coefficient (Wildman–Crippen LogP) is 4.22. The molecule has 0 unspecified atom stereocenters. The Morgan fingerprint density at radius 2 is 1.81 bits per heavy atom. The molecule has 4 rings (SSSR count). The number of aromatic nitrogens is 4. The number of amides is 1. The van der Waals surface area contributed by atoms with E-state index < -0.39 is 0 Å². The molecule has 0 N–H and O–H groups in total. The van der Waals surface area contributed by atoms with E-state index in [0.717, 1.165) is 24.1 Å². The fourth-order valence-electron chi connectivity index (χ4n) is 4.20. The van der Waals surface area contributed by atoms with Crippen LogP contribution >= 0.6 is 11.8 Å².